The van der Waals surface area contributed by atoms with Gasteiger partial charge in [0.05, 0.1) is 11.4 Å². The van der Waals surface area contributed by atoms with Gasteiger partial charge in [0.1, 0.15) is 39.6 Å². The number of aliphatic carboxylic acids is 1. The fraction of sp³-hybridized carbons (Fsp3) is 0.250. The molecule has 0 spiro atoms. The van der Waals surface area contributed by atoms with Crippen LogP contribution in [-0.4, -0.2) is 60.7 Å². The van der Waals surface area contributed by atoms with Crippen LogP contribution in [0.25, 0.3) is 22.1 Å². The molecule has 4 N–H and O–H groups in total. The summed E-state index contributed by atoms with van der Waals surface area (Å²) in [6, 6.07) is 15.0. The van der Waals surface area contributed by atoms with Crippen molar-refractivity contribution >= 4 is 57.9 Å². The molecule has 3 aromatic carbocycles. The number of aliphatic imine (C=N–C) groups is 2. The van der Waals surface area contributed by atoms with Gasteiger partial charge < -0.3 is 19.9 Å². The number of nitrogens with one attached hydrogen (secondary N) is 3. The van der Waals surface area contributed by atoms with Gasteiger partial charge in [0.15, 0.2) is 12.8 Å². The zero-order valence-electron chi connectivity index (χ0n) is 22.3. The number of ether oxygens (including phenoxy) is 2. The van der Waals surface area contributed by atoms with Crippen molar-refractivity contribution in [3.63, 3.8) is 0 Å². The van der Waals surface area contributed by atoms with Crippen LogP contribution in [0.1, 0.15) is 39.0 Å². The second-order valence-electron chi connectivity index (χ2n) is 9.28. The Morgan fingerprint density at radius 2 is 1.39 bits per heavy atom. The highest BCUT2D eigenvalue weighted by Gasteiger charge is 2.17. The lowest BCUT2D eigenvalue weighted by Gasteiger charge is -2.17. The van der Waals surface area contributed by atoms with E-state index in [1.807, 2.05) is 0 Å². The summed E-state index contributed by atoms with van der Waals surface area (Å²) < 4.78 is 11.6. The third-order valence-corrected chi connectivity index (χ3v) is 6.25. The lowest BCUT2D eigenvalue weighted by Crippen LogP contribution is -2.29. The van der Waals surface area contributed by atoms with Crippen LogP contribution in [0, 0.1) is 0 Å². The summed E-state index contributed by atoms with van der Waals surface area (Å²) in [5, 5.41) is 34.2. The zero-order chi connectivity index (χ0) is 28.4. The number of anilines is 1. The zero-order valence-corrected chi connectivity index (χ0v) is 22.3. The lowest BCUT2D eigenvalue weighted by molar-refractivity contribution is -0.138. The fourth-order valence-corrected chi connectivity index (χ4v) is 4.14. The van der Waals surface area contributed by atoms with Crippen molar-refractivity contribution in [3.8, 4) is 11.5 Å². The van der Waals surface area contributed by atoms with Gasteiger partial charge in [0.25, 0.3) is 0 Å². The Hall–Kier alpha value is -5.33. The Morgan fingerprint density at radius 1 is 0.829 bits per heavy atom. The Kier molecular flexibility index (Phi) is 8.74. The normalized spacial score (nSPS) is 12.4. The highest BCUT2D eigenvalue weighted by molar-refractivity contribution is 5.80. The van der Waals surface area contributed by atoms with E-state index in [4.69, 9.17) is 9.47 Å². The van der Waals surface area contributed by atoms with E-state index in [1.165, 1.54) is 12.8 Å². The van der Waals surface area contributed by atoms with Crippen LogP contribution in [0.2, 0.25) is 0 Å². The van der Waals surface area contributed by atoms with E-state index in [9.17, 15) is 9.90 Å². The maximum absolute atomic E-state index is 12.0. The van der Waals surface area contributed by atoms with Crippen LogP contribution in [0.15, 0.2) is 64.6 Å². The molecule has 5 rings (SSSR count). The van der Waals surface area contributed by atoms with Crippen molar-refractivity contribution in [2.75, 3.05) is 5.32 Å². The molecule has 0 radical (unpaired) electrons. The first kappa shape index (κ1) is 27.2. The molecular weight excluding hydrogens is 526 g/mol. The maximum atomic E-state index is 12.0. The van der Waals surface area contributed by atoms with Gasteiger partial charge in [-0.25, -0.2) is 14.8 Å². The van der Waals surface area contributed by atoms with Gasteiger partial charge >= 0.3 is 5.97 Å². The number of carbonyl (C=O) groups is 1. The van der Waals surface area contributed by atoms with Gasteiger partial charge in [-0.15, -0.1) is 0 Å². The molecule has 0 aliphatic heterocycles. The van der Waals surface area contributed by atoms with E-state index in [-0.39, 0.29) is 0 Å². The minimum Gasteiger partial charge on any atom is -0.480 e. The summed E-state index contributed by atoms with van der Waals surface area (Å²) in [6.07, 6.45) is 7.02. The number of unbranched alkanes of at least 4 members (excludes halogenated alkanes) is 3. The number of aromatic nitrogens is 6. The first-order valence-corrected chi connectivity index (χ1v) is 13.2. The van der Waals surface area contributed by atoms with Gasteiger partial charge in [0.2, 0.25) is 0 Å². The second kappa shape index (κ2) is 13.2. The summed E-state index contributed by atoms with van der Waals surface area (Å²) in [5.41, 5.74) is 4.61. The summed E-state index contributed by atoms with van der Waals surface area (Å²) in [6.45, 7) is 2.12. The van der Waals surface area contributed by atoms with Crippen molar-refractivity contribution in [2.45, 2.75) is 45.1 Å². The molecule has 0 saturated heterocycles. The molecule has 41 heavy (non-hydrogen) atoms. The highest BCUT2D eigenvalue weighted by Crippen LogP contribution is 2.28. The number of carboxylic acid groups (broad SMARTS) is 1. The van der Waals surface area contributed by atoms with Crippen molar-refractivity contribution in [3.05, 3.63) is 54.6 Å². The van der Waals surface area contributed by atoms with E-state index in [0.29, 0.717) is 46.0 Å². The Labute approximate surface area is 234 Å². The van der Waals surface area contributed by atoms with Gasteiger partial charge in [0, 0.05) is 23.9 Å². The smallest absolute Gasteiger partial charge is 0.326 e. The third-order valence-electron chi connectivity index (χ3n) is 6.25. The largest absolute Gasteiger partial charge is 0.480 e. The maximum Gasteiger partial charge on any atom is 0.326 e. The summed E-state index contributed by atoms with van der Waals surface area (Å²) >= 11 is 0. The molecule has 5 aromatic rings. The standard InChI is InChI=1S/C28H29N9O4/c1-2-3-4-5-6-25(28(38)39)31-20-11-21(40-16-29-18-7-9-23-26(13-18)34-36-32-23)15-22(12-20)41-17-30-19-8-10-24-27(14-19)35-37-33-24/h7-17,25,31H,2-6H2,1H3,(H,38,39)(H,32,34,36)(H,33,35,37). The molecular formula is C28H29N9O4. The van der Waals surface area contributed by atoms with Crippen LogP contribution in [-0.2, 0) is 4.79 Å². The second-order valence-corrected chi connectivity index (χ2v) is 9.28. The first-order valence-electron chi connectivity index (χ1n) is 13.2. The van der Waals surface area contributed by atoms with Gasteiger partial charge in [-0.3, -0.25) is 0 Å². The molecule has 1 unspecified atom stereocenters. The predicted molar refractivity (Wildman–Crippen MR) is 156 cm³/mol. The van der Waals surface area contributed by atoms with E-state index >= 15 is 0 Å². The molecule has 0 amide bonds. The van der Waals surface area contributed by atoms with Gasteiger partial charge in [-0.05, 0) is 42.8 Å². The van der Waals surface area contributed by atoms with E-state index in [1.54, 1.807) is 54.6 Å². The lowest BCUT2D eigenvalue weighted by atomic mass is 10.1. The first-order chi connectivity index (χ1) is 20.1. The van der Waals surface area contributed by atoms with Crippen molar-refractivity contribution in [1.82, 2.24) is 30.8 Å². The Balaban J connectivity index is 1.33. The number of hydrogen-bond donors (Lipinski definition) is 4. The summed E-state index contributed by atoms with van der Waals surface area (Å²) in [5.74, 6) is -0.141. The molecule has 2 heterocycles. The molecule has 0 fully saturated rings. The van der Waals surface area contributed by atoms with E-state index < -0.39 is 12.0 Å². The number of benzene rings is 3. The van der Waals surface area contributed by atoms with Crippen LogP contribution in [0.4, 0.5) is 17.1 Å². The fourth-order valence-electron chi connectivity index (χ4n) is 4.14. The molecule has 2 aromatic heterocycles. The summed E-state index contributed by atoms with van der Waals surface area (Å²) in [7, 11) is 0. The number of H-pyrrole nitrogens is 2. The number of carboxylic acids is 1. The number of rotatable bonds is 14. The number of fused-ring (bicyclic) bond motifs is 2. The average molecular weight is 556 g/mol. The van der Waals surface area contributed by atoms with Gasteiger partial charge in [-0.2, -0.15) is 30.8 Å². The number of aromatic amines is 2. The van der Waals surface area contributed by atoms with E-state index in [2.05, 4.69) is 53.0 Å². The van der Waals surface area contributed by atoms with Crippen molar-refractivity contribution in [2.24, 2.45) is 9.98 Å². The molecule has 0 aliphatic carbocycles. The average Bonchev–Trinajstić information content (AvgIpc) is 3.63. The highest BCUT2D eigenvalue weighted by atomic mass is 16.5. The van der Waals surface area contributed by atoms with Crippen molar-refractivity contribution < 1.29 is 19.4 Å². The SMILES string of the molecule is CCCCCCC(Nc1cc(OC=Nc2ccc3n[nH]nc3c2)cc(OC=Nc2ccc3n[nH]nc3c2)c1)C(=O)O. The number of hydrogen-bond acceptors (Lipinski definition) is 10. The van der Waals surface area contributed by atoms with Crippen LogP contribution in [0.5, 0.6) is 11.5 Å². The van der Waals surface area contributed by atoms with Gasteiger partial charge in [-0.1, -0.05) is 32.6 Å². The quantitative estimate of drug-likeness (QED) is 0.0778. The van der Waals surface area contributed by atoms with Crippen LogP contribution < -0.4 is 14.8 Å². The molecule has 0 bridgehead atoms. The third kappa shape index (κ3) is 7.41. The molecule has 0 aliphatic rings. The molecule has 13 heteroatoms. The monoisotopic (exact) mass is 555 g/mol. The molecule has 13 nitrogen and oxygen atoms in total. The molecule has 1 atom stereocenters. The van der Waals surface area contributed by atoms with Crippen LogP contribution in [0.3, 0.4) is 0 Å². The van der Waals surface area contributed by atoms with Crippen molar-refractivity contribution in [1.29, 1.82) is 0 Å². The Morgan fingerprint density at radius 3 is 1.93 bits per heavy atom. The summed E-state index contributed by atoms with van der Waals surface area (Å²) in [4.78, 5) is 20.6. The Bertz CT molecular complexity index is 1570. The minimum atomic E-state index is -0.926. The van der Waals surface area contributed by atoms with Crippen LogP contribution >= 0.6 is 0 Å². The van der Waals surface area contributed by atoms with E-state index in [0.717, 1.165) is 36.7 Å². The topological polar surface area (TPSA) is 176 Å². The number of nitrogens with zero attached hydrogens (tertiary/aromatic N) is 6. The predicted octanol–water partition coefficient (Wildman–Crippen LogP) is 5.54. The minimum absolute atomic E-state index is 0.392. The molecule has 0 saturated carbocycles. The molecule has 210 valence electrons.